The number of rotatable bonds is 4. The molecular formula is C8H14O4. The van der Waals surface area contributed by atoms with Gasteiger partial charge < -0.3 is 9.47 Å². The molecule has 12 heavy (non-hydrogen) atoms. The molecule has 0 aromatic rings. The first kappa shape index (κ1) is 10.9. The molecule has 0 aromatic heterocycles. The number of hydrogen-bond acceptors (Lipinski definition) is 4. The van der Waals surface area contributed by atoms with Crippen molar-refractivity contribution in [2.45, 2.75) is 32.6 Å². The van der Waals surface area contributed by atoms with Crippen LogP contribution in [0.25, 0.3) is 0 Å². The highest BCUT2D eigenvalue weighted by atomic mass is 16.7. The van der Waals surface area contributed by atoms with E-state index in [0.29, 0.717) is 0 Å². The van der Waals surface area contributed by atoms with Crippen LogP contribution in [0.5, 0.6) is 0 Å². The van der Waals surface area contributed by atoms with Crippen molar-refractivity contribution < 1.29 is 19.1 Å². The number of methoxy groups -OCH3 is 1. The van der Waals surface area contributed by atoms with Crippen LogP contribution in [0.4, 0.5) is 4.79 Å². The molecular weight excluding hydrogens is 160 g/mol. The van der Waals surface area contributed by atoms with Gasteiger partial charge in [-0.25, -0.2) is 4.79 Å². The Bertz CT molecular complexity index is 153. The third-order valence-electron chi connectivity index (χ3n) is 1.35. The molecule has 0 aliphatic carbocycles. The monoisotopic (exact) mass is 174 g/mol. The summed E-state index contributed by atoms with van der Waals surface area (Å²) in [6.45, 7) is 2.03. The van der Waals surface area contributed by atoms with Gasteiger partial charge in [0.1, 0.15) is 0 Å². The van der Waals surface area contributed by atoms with Gasteiger partial charge in [0, 0.05) is 6.42 Å². The van der Waals surface area contributed by atoms with Gasteiger partial charge in [-0.05, 0) is 6.42 Å². The van der Waals surface area contributed by atoms with E-state index < -0.39 is 12.1 Å². The third kappa shape index (κ3) is 5.70. The van der Waals surface area contributed by atoms with E-state index in [9.17, 15) is 9.59 Å². The number of carbonyl (C=O) groups is 2. The standard InChI is InChI=1S/C8H14O4/c1-3-4-5-6-7(9)12-8(10)11-2/h3-6H2,1-2H3. The smallest absolute Gasteiger partial charge is 0.437 e. The van der Waals surface area contributed by atoms with Gasteiger partial charge in [-0.2, -0.15) is 0 Å². The maximum absolute atomic E-state index is 10.8. The van der Waals surface area contributed by atoms with Crippen LogP contribution >= 0.6 is 0 Å². The molecule has 0 saturated carbocycles. The molecule has 0 N–H and O–H groups in total. The maximum Gasteiger partial charge on any atom is 0.515 e. The average molecular weight is 174 g/mol. The molecule has 0 saturated heterocycles. The van der Waals surface area contributed by atoms with Crippen LogP contribution in [-0.2, 0) is 14.3 Å². The molecule has 70 valence electrons. The number of hydrogen-bond donors (Lipinski definition) is 0. The first-order valence-corrected chi connectivity index (χ1v) is 3.99. The summed E-state index contributed by atoms with van der Waals surface area (Å²) >= 11 is 0. The molecule has 0 aliphatic heterocycles. The lowest BCUT2D eigenvalue weighted by molar-refractivity contribution is -0.139. The zero-order valence-electron chi connectivity index (χ0n) is 7.46. The predicted octanol–water partition coefficient (Wildman–Crippen LogP) is 1.88. The van der Waals surface area contributed by atoms with Gasteiger partial charge in [0.25, 0.3) is 0 Å². The Morgan fingerprint density at radius 3 is 2.42 bits per heavy atom. The zero-order chi connectivity index (χ0) is 9.40. The van der Waals surface area contributed by atoms with E-state index in [0.717, 1.165) is 19.3 Å². The average Bonchev–Trinajstić information content (AvgIpc) is 2.05. The van der Waals surface area contributed by atoms with Crippen molar-refractivity contribution in [2.24, 2.45) is 0 Å². The molecule has 0 bridgehead atoms. The summed E-state index contributed by atoms with van der Waals surface area (Å²) in [4.78, 5) is 21.2. The molecule has 4 heteroatoms. The second-order valence-electron chi connectivity index (χ2n) is 2.39. The largest absolute Gasteiger partial charge is 0.515 e. The van der Waals surface area contributed by atoms with Gasteiger partial charge in [0.05, 0.1) is 7.11 Å². The minimum absolute atomic E-state index is 0.281. The van der Waals surface area contributed by atoms with Crippen LogP contribution in [0.1, 0.15) is 32.6 Å². The molecule has 0 rings (SSSR count). The van der Waals surface area contributed by atoms with Crippen molar-refractivity contribution in [1.29, 1.82) is 0 Å². The lowest BCUT2D eigenvalue weighted by Gasteiger charge is -1.99. The molecule has 0 heterocycles. The van der Waals surface area contributed by atoms with Crippen molar-refractivity contribution in [1.82, 2.24) is 0 Å². The topological polar surface area (TPSA) is 52.6 Å². The second kappa shape index (κ2) is 6.64. The van der Waals surface area contributed by atoms with Gasteiger partial charge in [0.2, 0.25) is 0 Å². The van der Waals surface area contributed by atoms with Crippen LogP contribution < -0.4 is 0 Å². The fourth-order valence-corrected chi connectivity index (χ4v) is 0.705. The summed E-state index contributed by atoms with van der Waals surface area (Å²) in [5.74, 6) is -0.518. The number of carbonyl (C=O) groups excluding carboxylic acids is 2. The number of esters is 1. The molecule has 0 fully saturated rings. The molecule has 0 radical (unpaired) electrons. The van der Waals surface area contributed by atoms with Gasteiger partial charge in [0.15, 0.2) is 0 Å². The van der Waals surface area contributed by atoms with Crippen molar-refractivity contribution in [3.05, 3.63) is 0 Å². The Kier molecular flexibility index (Phi) is 6.05. The summed E-state index contributed by atoms with van der Waals surface area (Å²) in [5.41, 5.74) is 0. The van der Waals surface area contributed by atoms with Crippen LogP contribution in [0, 0.1) is 0 Å². The first-order valence-electron chi connectivity index (χ1n) is 3.99. The Labute approximate surface area is 71.8 Å². The van der Waals surface area contributed by atoms with Crippen molar-refractivity contribution in [3.63, 3.8) is 0 Å². The molecule has 0 unspecified atom stereocenters. The molecule has 4 nitrogen and oxygen atoms in total. The van der Waals surface area contributed by atoms with Gasteiger partial charge in [-0.1, -0.05) is 19.8 Å². The highest BCUT2D eigenvalue weighted by molar-refractivity contribution is 5.81. The number of unbranched alkanes of at least 4 members (excludes halogenated alkanes) is 2. The van der Waals surface area contributed by atoms with Gasteiger partial charge >= 0.3 is 12.1 Å². The molecule has 0 atom stereocenters. The van der Waals surface area contributed by atoms with E-state index >= 15 is 0 Å². The third-order valence-corrected chi connectivity index (χ3v) is 1.35. The molecule has 0 aliphatic rings. The first-order chi connectivity index (χ1) is 5.70. The van der Waals surface area contributed by atoms with E-state index in [1.165, 1.54) is 7.11 Å². The minimum Gasteiger partial charge on any atom is -0.437 e. The quantitative estimate of drug-likeness (QED) is 0.371. The predicted molar refractivity (Wildman–Crippen MR) is 42.6 cm³/mol. The molecule has 0 spiro atoms. The Hall–Kier alpha value is -1.06. The van der Waals surface area contributed by atoms with Gasteiger partial charge in [-0.3, -0.25) is 4.79 Å². The van der Waals surface area contributed by atoms with E-state index in [4.69, 9.17) is 0 Å². The second-order valence-corrected chi connectivity index (χ2v) is 2.39. The van der Waals surface area contributed by atoms with E-state index in [1.807, 2.05) is 6.92 Å². The fraction of sp³-hybridized carbons (Fsp3) is 0.750. The van der Waals surface area contributed by atoms with Crippen LogP contribution in [0.15, 0.2) is 0 Å². The lowest BCUT2D eigenvalue weighted by atomic mass is 10.2. The highest BCUT2D eigenvalue weighted by Crippen LogP contribution is 2.00. The van der Waals surface area contributed by atoms with Crippen molar-refractivity contribution in [3.8, 4) is 0 Å². The number of ether oxygens (including phenoxy) is 2. The van der Waals surface area contributed by atoms with Crippen LogP contribution in [0.2, 0.25) is 0 Å². The lowest BCUT2D eigenvalue weighted by Crippen LogP contribution is -2.11. The summed E-state index contributed by atoms with van der Waals surface area (Å²) in [6.07, 6.45) is 2.10. The summed E-state index contributed by atoms with van der Waals surface area (Å²) in [7, 11) is 1.17. The van der Waals surface area contributed by atoms with E-state index in [1.54, 1.807) is 0 Å². The van der Waals surface area contributed by atoms with Crippen LogP contribution in [-0.4, -0.2) is 19.2 Å². The molecule has 0 amide bonds. The zero-order valence-corrected chi connectivity index (χ0v) is 7.46. The van der Waals surface area contributed by atoms with E-state index in [-0.39, 0.29) is 6.42 Å². The van der Waals surface area contributed by atoms with Crippen molar-refractivity contribution >= 4 is 12.1 Å². The van der Waals surface area contributed by atoms with Crippen LogP contribution in [0.3, 0.4) is 0 Å². The minimum atomic E-state index is -0.934. The summed E-state index contributed by atoms with van der Waals surface area (Å²) in [5, 5.41) is 0. The Morgan fingerprint density at radius 1 is 1.25 bits per heavy atom. The van der Waals surface area contributed by atoms with Crippen molar-refractivity contribution in [2.75, 3.05) is 7.11 Å². The van der Waals surface area contributed by atoms with E-state index in [2.05, 4.69) is 9.47 Å². The summed E-state index contributed by atoms with van der Waals surface area (Å²) < 4.78 is 8.39. The summed E-state index contributed by atoms with van der Waals surface area (Å²) in [6, 6.07) is 0. The highest BCUT2D eigenvalue weighted by Gasteiger charge is 2.08. The fourth-order valence-electron chi connectivity index (χ4n) is 0.705. The molecule has 0 aromatic carbocycles. The normalized spacial score (nSPS) is 9.17. The SMILES string of the molecule is CCCCCC(=O)OC(=O)OC. The maximum atomic E-state index is 10.8. The van der Waals surface area contributed by atoms with Gasteiger partial charge in [-0.15, -0.1) is 0 Å². The Morgan fingerprint density at radius 2 is 1.92 bits per heavy atom. The Balaban J connectivity index is 3.40.